The van der Waals surface area contributed by atoms with Crippen LogP contribution in [-0.2, 0) is 6.54 Å². The Kier molecular flexibility index (Phi) is 6.47. The van der Waals surface area contributed by atoms with E-state index in [1.807, 2.05) is 6.92 Å². The van der Waals surface area contributed by atoms with Gasteiger partial charge in [0, 0.05) is 16.6 Å². The molecule has 0 aliphatic heterocycles. The van der Waals surface area contributed by atoms with Crippen molar-refractivity contribution in [1.29, 1.82) is 0 Å². The molecule has 1 amide bonds. The number of aromatic nitrogens is 3. The Labute approximate surface area is 176 Å². The Morgan fingerprint density at radius 2 is 1.93 bits per heavy atom. The fourth-order valence-electron chi connectivity index (χ4n) is 2.76. The van der Waals surface area contributed by atoms with E-state index in [0.717, 1.165) is 9.25 Å². The van der Waals surface area contributed by atoms with Crippen LogP contribution in [0.4, 0.5) is 4.39 Å². The lowest BCUT2D eigenvalue weighted by atomic mass is 10.2. The summed E-state index contributed by atoms with van der Waals surface area (Å²) in [5.41, 5.74) is -1.78. The molecule has 156 valence electrons. The van der Waals surface area contributed by atoms with E-state index in [0.29, 0.717) is 11.4 Å². The van der Waals surface area contributed by atoms with Gasteiger partial charge in [0.1, 0.15) is 5.82 Å². The third-order valence-corrected chi connectivity index (χ3v) is 4.84. The molecule has 0 bridgehead atoms. The van der Waals surface area contributed by atoms with E-state index in [1.165, 1.54) is 24.3 Å². The van der Waals surface area contributed by atoms with E-state index in [9.17, 15) is 18.8 Å². The van der Waals surface area contributed by atoms with Crippen LogP contribution in [0.5, 0.6) is 0 Å². The highest BCUT2D eigenvalue weighted by Gasteiger charge is 2.22. The number of nitrogens with zero attached hydrogens (tertiary/aromatic N) is 3. The number of carbonyl (C=O) groups excluding carboxylic acids is 1. The molecular formula is C21H20ClFN4O3. The lowest BCUT2D eigenvalue weighted by Crippen LogP contribution is -2.47. The van der Waals surface area contributed by atoms with E-state index in [-0.39, 0.29) is 23.8 Å². The summed E-state index contributed by atoms with van der Waals surface area (Å²) in [6.45, 7) is 3.31. The first-order valence-corrected chi connectivity index (χ1v) is 9.74. The first-order chi connectivity index (χ1) is 14.3. The summed E-state index contributed by atoms with van der Waals surface area (Å²) in [5.74, 6) is -1.28. The quantitative estimate of drug-likeness (QED) is 0.651. The smallest absolute Gasteiger partial charge is 0.348 e. The van der Waals surface area contributed by atoms with E-state index in [4.69, 9.17) is 11.6 Å². The Morgan fingerprint density at radius 3 is 2.60 bits per heavy atom. The van der Waals surface area contributed by atoms with Gasteiger partial charge in [0.25, 0.3) is 11.5 Å². The second-order valence-corrected chi connectivity index (χ2v) is 7.22. The number of hydrogen-bond acceptors (Lipinski definition) is 4. The summed E-state index contributed by atoms with van der Waals surface area (Å²) in [4.78, 5) is 38.6. The van der Waals surface area contributed by atoms with Crippen LogP contribution in [0.15, 0.2) is 58.1 Å². The lowest BCUT2D eigenvalue weighted by molar-refractivity contribution is 0.0929. The van der Waals surface area contributed by atoms with Crippen LogP contribution in [0.25, 0.3) is 5.69 Å². The van der Waals surface area contributed by atoms with Gasteiger partial charge in [0.05, 0.1) is 12.2 Å². The van der Waals surface area contributed by atoms with Gasteiger partial charge in [-0.15, -0.1) is 0 Å². The highest BCUT2D eigenvalue weighted by atomic mass is 35.5. The molecule has 3 aromatic rings. The van der Waals surface area contributed by atoms with Gasteiger partial charge in [-0.3, -0.25) is 14.2 Å². The summed E-state index contributed by atoms with van der Waals surface area (Å²) in [6.07, 6.45) is 0.642. The number of carbonyl (C=O) groups is 1. The summed E-state index contributed by atoms with van der Waals surface area (Å²) >= 11 is 6.02. The van der Waals surface area contributed by atoms with Crippen molar-refractivity contribution in [1.82, 2.24) is 19.7 Å². The van der Waals surface area contributed by atoms with E-state index >= 15 is 0 Å². The topological polar surface area (TPSA) is 86.0 Å². The third kappa shape index (κ3) is 4.49. The molecular weight excluding hydrogens is 411 g/mol. The highest BCUT2D eigenvalue weighted by Crippen LogP contribution is 2.13. The average Bonchev–Trinajstić information content (AvgIpc) is 2.72. The molecule has 0 unspecified atom stereocenters. The molecule has 2 aromatic carbocycles. The van der Waals surface area contributed by atoms with Crippen molar-refractivity contribution in [2.24, 2.45) is 0 Å². The number of nitrogens with one attached hydrogen (secondary N) is 1. The number of hydrogen-bond donors (Lipinski definition) is 1. The minimum atomic E-state index is -0.901. The van der Waals surface area contributed by atoms with Crippen molar-refractivity contribution in [2.45, 2.75) is 32.9 Å². The summed E-state index contributed by atoms with van der Waals surface area (Å²) in [5, 5.41) is 7.02. The Morgan fingerprint density at radius 1 is 1.20 bits per heavy atom. The molecule has 0 saturated heterocycles. The molecule has 1 heterocycles. The molecule has 0 fully saturated rings. The molecule has 30 heavy (non-hydrogen) atoms. The summed E-state index contributed by atoms with van der Waals surface area (Å²) in [7, 11) is 0. The highest BCUT2D eigenvalue weighted by molar-refractivity contribution is 6.30. The van der Waals surface area contributed by atoms with E-state index < -0.39 is 28.7 Å². The maximum absolute atomic E-state index is 14.2. The number of rotatable bonds is 6. The number of halogens is 2. The van der Waals surface area contributed by atoms with Crippen LogP contribution in [-0.4, -0.2) is 26.3 Å². The van der Waals surface area contributed by atoms with Gasteiger partial charge in [0.2, 0.25) is 5.69 Å². The molecule has 0 aliphatic carbocycles. The van der Waals surface area contributed by atoms with Crippen LogP contribution >= 0.6 is 11.6 Å². The van der Waals surface area contributed by atoms with Gasteiger partial charge in [-0.1, -0.05) is 42.8 Å². The fraction of sp³-hybridized carbons (Fsp3) is 0.238. The Hall–Kier alpha value is -3.26. The fourth-order valence-corrected chi connectivity index (χ4v) is 2.95. The third-order valence-electron chi connectivity index (χ3n) is 4.60. The standard InChI is InChI=1S/C21H20ClFN4O3/c1-3-13(2)24-19(28)18-20(29)26(12-14-7-4-5-10-17(14)23)21(30)27(25-18)16-9-6-8-15(22)11-16/h4-11,13H,3,12H2,1-2H3,(H,24,28)/t13-/m0/s1. The Balaban J connectivity index is 2.22. The van der Waals surface area contributed by atoms with Crippen molar-refractivity contribution in [3.8, 4) is 5.69 Å². The minimum Gasteiger partial charge on any atom is -0.348 e. The molecule has 1 N–H and O–H groups in total. The second kappa shape index (κ2) is 9.04. The van der Waals surface area contributed by atoms with Gasteiger partial charge in [0.15, 0.2) is 0 Å². The normalized spacial score (nSPS) is 11.9. The zero-order chi connectivity index (χ0) is 21.8. The molecule has 7 nitrogen and oxygen atoms in total. The van der Waals surface area contributed by atoms with Crippen LogP contribution in [0.3, 0.4) is 0 Å². The molecule has 0 aliphatic rings. The van der Waals surface area contributed by atoms with Gasteiger partial charge < -0.3 is 5.32 Å². The van der Waals surface area contributed by atoms with E-state index in [2.05, 4.69) is 10.4 Å². The first-order valence-electron chi connectivity index (χ1n) is 9.36. The molecule has 1 aromatic heterocycles. The second-order valence-electron chi connectivity index (χ2n) is 6.79. The number of benzene rings is 2. The zero-order valence-corrected chi connectivity index (χ0v) is 17.2. The predicted octanol–water partition coefficient (Wildman–Crippen LogP) is 2.76. The van der Waals surface area contributed by atoms with Crippen LogP contribution in [0, 0.1) is 5.82 Å². The van der Waals surface area contributed by atoms with Crippen LogP contribution in [0.1, 0.15) is 36.3 Å². The molecule has 0 saturated carbocycles. The zero-order valence-electron chi connectivity index (χ0n) is 16.4. The van der Waals surface area contributed by atoms with Gasteiger partial charge >= 0.3 is 5.69 Å². The molecule has 0 spiro atoms. The van der Waals surface area contributed by atoms with Crippen molar-refractivity contribution in [2.75, 3.05) is 0 Å². The lowest BCUT2D eigenvalue weighted by Gasteiger charge is -2.14. The SMILES string of the molecule is CC[C@H](C)NC(=O)c1nn(-c2cccc(Cl)c2)c(=O)n(Cc2ccccc2F)c1=O. The van der Waals surface area contributed by atoms with Crippen LogP contribution < -0.4 is 16.6 Å². The Bertz CT molecular complexity index is 1210. The van der Waals surface area contributed by atoms with Crippen molar-refractivity contribution < 1.29 is 9.18 Å². The minimum absolute atomic E-state index is 0.133. The van der Waals surface area contributed by atoms with Gasteiger partial charge in [-0.05, 0) is 37.6 Å². The van der Waals surface area contributed by atoms with Crippen molar-refractivity contribution in [3.63, 3.8) is 0 Å². The number of amides is 1. The largest absolute Gasteiger partial charge is 0.352 e. The van der Waals surface area contributed by atoms with Crippen molar-refractivity contribution >= 4 is 17.5 Å². The van der Waals surface area contributed by atoms with Gasteiger partial charge in [-0.25, -0.2) is 9.18 Å². The predicted molar refractivity (Wildman–Crippen MR) is 112 cm³/mol. The molecule has 1 atom stereocenters. The van der Waals surface area contributed by atoms with Crippen molar-refractivity contribution in [3.05, 3.63) is 91.5 Å². The monoisotopic (exact) mass is 430 g/mol. The molecule has 0 radical (unpaired) electrons. The average molecular weight is 431 g/mol. The summed E-state index contributed by atoms with van der Waals surface area (Å²) < 4.78 is 15.9. The van der Waals surface area contributed by atoms with Gasteiger partial charge in [-0.2, -0.15) is 9.78 Å². The molecule has 9 heteroatoms. The molecule has 3 rings (SSSR count). The maximum atomic E-state index is 14.2. The maximum Gasteiger partial charge on any atom is 0.352 e. The summed E-state index contributed by atoms with van der Waals surface area (Å²) in [6, 6.07) is 11.8. The van der Waals surface area contributed by atoms with E-state index in [1.54, 1.807) is 31.2 Å². The van der Waals surface area contributed by atoms with Crippen LogP contribution in [0.2, 0.25) is 5.02 Å². The first kappa shape index (κ1) is 21.4.